The van der Waals surface area contributed by atoms with Crippen LogP contribution in [-0.4, -0.2) is 25.5 Å². The molecule has 0 saturated heterocycles. The minimum Gasteiger partial charge on any atom is -0.469 e. The van der Waals surface area contributed by atoms with E-state index in [-0.39, 0.29) is 18.4 Å². The lowest BCUT2D eigenvalue weighted by atomic mass is 10.1. The van der Waals surface area contributed by atoms with Gasteiger partial charge in [-0.05, 0) is 28.1 Å². The molecule has 0 heterocycles. The molecular weight excluding hydrogens is 321 g/mol. The van der Waals surface area contributed by atoms with Gasteiger partial charge in [0.05, 0.1) is 23.6 Å². The number of methoxy groups -OCH3 is 1. The summed E-state index contributed by atoms with van der Waals surface area (Å²) < 4.78 is 5.22. The summed E-state index contributed by atoms with van der Waals surface area (Å²) in [4.78, 5) is 23.0. The Morgan fingerprint density at radius 1 is 1.50 bits per heavy atom. The average molecular weight is 335 g/mol. The van der Waals surface area contributed by atoms with E-state index in [2.05, 4.69) is 26.0 Å². The first kappa shape index (κ1) is 15.0. The topological polar surface area (TPSA) is 55.4 Å². The zero-order valence-corrected chi connectivity index (χ0v) is 12.3. The third-order valence-corrected chi connectivity index (χ3v) is 3.66. The monoisotopic (exact) mass is 333 g/mol. The van der Waals surface area contributed by atoms with Crippen LogP contribution < -0.4 is 5.32 Å². The van der Waals surface area contributed by atoms with Crippen LogP contribution in [0.3, 0.4) is 0 Å². The second-order valence-electron chi connectivity index (χ2n) is 3.74. The SMILES string of the molecule is COC(=O)[C@@H](C)CNC(=O)c1cccc(Br)c1Cl. The van der Waals surface area contributed by atoms with Crippen molar-refractivity contribution in [2.24, 2.45) is 5.92 Å². The van der Waals surface area contributed by atoms with Crippen LogP contribution in [0.15, 0.2) is 22.7 Å². The Bertz CT molecular complexity index is 465. The smallest absolute Gasteiger partial charge is 0.310 e. The second-order valence-corrected chi connectivity index (χ2v) is 4.97. The van der Waals surface area contributed by atoms with Gasteiger partial charge in [0.2, 0.25) is 0 Å². The van der Waals surface area contributed by atoms with Crippen molar-refractivity contribution >= 4 is 39.4 Å². The summed E-state index contributed by atoms with van der Waals surface area (Å²) in [7, 11) is 1.31. The number of carbonyl (C=O) groups excluding carboxylic acids is 2. The highest BCUT2D eigenvalue weighted by molar-refractivity contribution is 9.10. The summed E-state index contributed by atoms with van der Waals surface area (Å²) >= 11 is 9.24. The molecule has 1 aromatic carbocycles. The predicted molar refractivity (Wildman–Crippen MR) is 72.7 cm³/mol. The Kier molecular flexibility index (Phi) is 5.62. The molecule has 0 aromatic heterocycles. The van der Waals surface area contributed by atoms with E-state index in [1.165, 1.54) is 7.11 Å². The van der Waals surface area contributed by atoms with E-state index < -0.39 is 5.92 Å². The molecule has 1 amide bonds. The highest BCUT2D eigenvalue weighted by atomic mass is 79.9. The molecule has 0 radical (unpaired) electrons. The fourth-order valence-corrected chi connectivity index (χ4v) is 1.88. The quantitative estimate of drug-likeness (QED) is 0.861. The van der Waals surface area contributed by atoms with Gasteiger partial charge < -0.3 is 10.1 Å². The number of nitrogens with one attached hydrogen (secondary N) is 1. The maximum Gasteiger partial charge on any atom is 0.310 e. The van der Waals surface area contributed by atoms with Crippen LogP contribution in [0.1, 0.15) is 17.3 Å². The molecule has 1 rings (SSSR count). The van der Waals surface area contributed by atoms with Gasteiger partial charge in [-0.1, -0.05) is 24.6 Å². The summed E-state index contributed by atoms with van der Waals surface area (Å²) in [5, 5.41) is 2.98. The van der Waals surface area contributed by atoms with Crippen LogP contribution in [-0.2, 0) is 9.53 Å². The molecular formula is C12H13BrClNO3. The lowest BCUT2D eigenvalue weighted by Gasteiger charge is -2.11. The Hall–Kier alpha value is -1.07. The van der Waals surface area contributed by atoms with Crippen molar-refractivity contribution in [3.63, 3.8) is 0 Å². The average Bonchev–Trinajstić information content (AvgIpc) is 2.37. The highest BCUT2D eigenvalue weighted by Crippen LogP contribution is 2.25. The van der Waals surface area contributed by atoms with E-state index in [1.807, 2.05) is 0 Å². The van der Waals surface area contributed by atoms with Crippen molar-refractivity contribution in [3.05, 3.63) is 33.3 Å². The van der Waals surface area contributed by atoms with Gasteiger partial charge in [-0.25, -0.2) is 0 Å². The lowest BCUT2D eigenvalue weighted by Crippen LogP contribution is -2.32. The second kappa shape index (κ2) is 6.75. The Labute approximate surface area is 119 Å². The van der Waals surface area contributed by atoms with Crippen molar-refractivity contribution in [3.8, 4) is 0 Å². The summed E-state index contributed by atoms with van der Waals surface area (Å²) in [5.74, 6) is -1.09. The Morgan fingerprint density at radius 2 is 2.17 bits per heavy atom. The van der Waals surface area contributed by atoms with E-state index in [4.69, 9.17) is 11.6 Å². The first-order valence-corrected chi connectivity index (χ1v) is 6.44. The van der Waals surface area contributed by atoms with Crippen molar-refractivity contribution in [1.29, 1.82) is 0 Å². The maximum absolute atomic E-state index is 11.9. The van der Waals surface area contributed by atoms with Crippen LogP contribution in [0.2, 0.25) is 5.02 Å². The molecule has 1 aromatic rings. The number of halogens is 2. The summed E-state index contributed by atoms with van der Waals surface area (Å²) in [6.07, 6.45) is 0. The van der Waals surface area contributed by atoms with Crippen LogP contribution in [0.5, 0.6) is 0 Å². The maximum atomic E-state index is 11.9. The van der Waals surface area contributed by atoms with E-state index in [0.29, 0.717) is 15.1 Å². The van der Waals surface area contributed by atoms with Crippen molar-refractivity contribution < 1.29 is 14.3 Å². The largest absolute Gasteiger partial charge is 0.469 e. The van der Waals surface area contributed by atoms with Gasteiger partial charge in [0.1, 0.15) is 0 Å². The third-order valence-electron chi connectivity index (χ3n) is 2.37. The molecule has 1 N–H and O–H groups in total. The van der Waals surface area contributed by atoms with Crippen molar-refractivity contribution in [2.45, 2.75) is 6.92 Å². The van der Waals surface area contributed by atoms with Gasteiger partial charge in [0, 0.05) is 11.0 Å². The van der Waals surface area contributed by atoms with Crippen LogP contribution in [0.4, 0.5) is 0 Å². The normalized spacial score (nSPS) is 11.8. The molecule has 0 fully saturated rings. The number of ether oxygens (including phenoxy) is 1. The molecule has 1 atom stereocenters. The van der Waals surface area contributed by atoms with Gasteiger partial charge in [-0.2, -0.15) is 0 Å². The Morgan fingerprint density at radius 3 is 2.78 bits per heavy atom. The summed E-state index contributed by atoms with van der Waals surface area (Å²) in [6.45, 7) is 1.88. The van der Waals surface area contributed by atoms with E-state index >= 15 is 0 Å². The van der Waals surface area contributed by atoms with Crippen LogP contribution in [0.25, 0.3) is 0 Å². The Balaban J connectivity index is 2.66. The fraction of sp³-hybridized carbons (Fsp3) is 0.333. The highest BCUT2D eigenvalue weighted by Gasteiger charge is 2.16. The van der Waals surface area contributed by atoms with Crippen LogP contribution in [0, 0.1) is 5.92 Å². The number of amides is 1. The third kappa shape index (κ3) is 3.71. The molecule has 18 heavy (non-hydrogen) atoms. The standard InChI is InChI=1S/C12H13BrClNO3/c1-7(12(17)18-2)6-15-11(16)8-4-3-5-9(13)10(8)14/h3-5,7H,6H2,1-2H3,(H,15,16)/t7-/m0/s1. The zero-order chi connectivity index (χ0) is 13.7. The van der Waals surface area contributed by atoms with E-state index in [9.17, 15) is 9.59 Å². The minimum absolute atomic E-state index is 0.203. The number of carbonyl (C=O) groups is 2. The zero-order valence-electron chi connectivity index (χ0n) is 10.00. The molecule has 0 aliphatic carbocycles. The molecule has 0 spiro atoms. The number of esters is 1. The van der Waals surface area contributed by atoms with E-state index in [1.54, 1.807) is 25.1 Å². The predicted octanol–water partition coefficient (Wildman–Crippen LogP) is 2.64. The minimum atomic E-state index is -0.398. The lowest BCUT2D eigenvalue weighted by molar-refractivity contribution is -0.144. The molecule has 98 valence electrons. The molecule has 0 unspecified atom stereocenters. The van der Waals surface area contributed by atoms with Crippen LogP contribution >= 0.6 is 27.5 Å². The molecule has 0 aliphatic rings. The first-order chi connectivity index (χ1) is 8.47. The molecule has 0 bridgehead atoms. The van der Waals surface area contributed by atoms with Crippen molar-refractivity contribution in [2.75, 3.05) is 13.7 Å². The number of hydrogen-bond donors (Lipinski definition) is 1. The molecule has 4 nitrogen and oxygen atoms in total. The summed E-state index contributed by atoms with van der Waals surface area (Å²) in [5.41, 5.74) is 0.364. The molecule has 0 aliphatic heterocycles. The van der Waals surface area contributed by atoms with Gasteiger partial charge in [0.25, 0.3) is 5.91 Å². The van der Waals surface area contributed by atoms with E-state index in [0.717, 1.165) is 0 Å². The number of benzene rings is 1. The summed E-state index contributed by atoms with van der Waals surface area (Å²) in [6, 6.07) is 5.08. The van der Waals surface area contributed by atoms with Gasteiger partial charge in [0.15, 0.2) is 0 Å². The first-order valence-electron chi connectivity index (χ1n) is 5.27. The van der Waals surface area contributed by atoms with Gasteiger partial charge in [-0.15, -0.1) is 0 Å². The number of rotatable bonds is 4. The molecule has 6 heteroatoms. The van der Waals surface area contributed by atoms with Gasteiger partial charge >= 0.3 is 5.97 Å². The molecule has 0 saturated carbocycles. The fourth-order valence-electron chi connectivity index (χ4n) is 1.30. The number of hydrogen-bond acceptors (Lipinski definition) is 3. The van der Waals surface area contributed by atoms with Crippen molar-refractivity contribution in [1.82, 2.24) is 5.32 Å². The van der Waals surface area contributed by atoms with Gasteiger partial charge in [-0.3, -0.25) is 9.59 Å².